The van der Waals surface area contributed by atoms with Crippen LogP contribution in [0.4, 0.5) is 0 Å². The number of amides is 1. The topological polar surface area (TPSA) is 63.3 Å². The minimum absolute atomic E-state index is 0.0315. The fraction of sp³-hybridized carbons (Fsp3) is 0.875. The zero-order chi connectivity index (χ0) is 8.91. The van der Waals surface area contributed by atoms with Crippen molar-refractivity contribution in [2.24, 2.45) is 11.1 Å². The van der Waals surface area contributed by atoms with Crippen LogP contribution in [0.25, 0.3) is 0 Å². The molecule has 0 rings (SSSR count). The highest BCUT2D eigenvalue weighted by Crippen LogP contribution is 2.25. The number of aliphatic hydroxyl groups excluding tert-OH is 1. The molecular weight excluding hydrogens is 142 g/mol. The molecule has 0 aromatic heterocycles. The maximum atomic E-state index is 10.4. The molecule has 3 nitrogen and oxygen atoms in total. The molecule has 0 aliphatic heterocycles. The third kappa shape index (κ3) is 5.85. The summed E-state index contributed by atoms with van der Waals surface area (Å²) in [5, 5.41) is 8.65. The number of nitrogens with two attached hydrogens (primary N) is 1. The molecule has 0 atom stereocenters. The van der Waals surface area contributed by atoms with E-state index in [2.05, 4.69) is 0 Å². The van der Waals surface area contributed by atoms with Crippen molar-refractivity contribution in [3.63, 3.8) is 0 Å². The van der Waals surface area contributed by atoms with E-state index in [0.717, 1.165) is 12.8 Å². The van der Waals surface area contributed by atoms with E-state index in [4.69, 9.17) is 10.8 Å². The normalized spacial score (nSPS) is 11.5. The van der Waals surface area contributed by atoms with E-state index in [1.165, 1.54) is 0 Å². The van der Waals surface area contributed by atoms with Crippen molar-refractivity contribution in [2.45, 2.75) is 33.1 Å². The van der Waals surface area contributed by atoms with Gasteiger partial charge in [0.15, 0.2) is 0 Å². The van der Waals surface area contributed by atoms with Crippen LogP contribution in [0.15, 0.2) is 0 Å². The van der Waals surface area contributed by atoms with Gasteiger partial charge in [0.2, 0.25) is 5.91 Å². The molecule has 0 unspecified atom stereocenters. The second-order valence-electron chi connectivity index (χ2n) is 3.60. The average molecular weight is 159 g/mol. The average Bonchev–Trinajstić information content (AvgIpc) is 1.84. The summed E-state index contributed by atoms with van der Waals surface area (Å²) in [6.07, 6.45) is 1.89. The fourth-order valence-electron chi connectivity index (χ4n) is 0.889. The molecule has 0 aliphatic rings. The van der Waals surface area contributed by atoms with E-state index in [0.29, 0.717) is 6.42 Å². The van der Waals surface area contributed by atoms with Crippen LogP contribution in [0.1, 0.15) is 33.1 Å². The van der Waals surface area contributed by atoms with Gasteiger partial charge < -0.3 is 10.8 Å². The molecule has 0 radical (unpaired) electrons. The van der Waals surface area contributed by atoms with E-state index in [9.17, 15) is 4.79 Å². The first-order chi connectivity index (χ1) is 4.98. The lowest BCUT2D eigenvalue weighted by Gasteiger charge is -2.22. The third-order valence-corrected chi connectivity index (χ3v) is 1.84. The van der Waals surface area contributed by atoms with E-state index in [-0.39, 0.29) is 17.9 Å². The van der Waals surface area contributed by atoms with Gasteiger partial charge in [0.25, 0.3) is 0 Å². The van der Waals surface area contributed by atoms with Crippen LogP contribution < -0.4 is 5.73 Å². The van der Waals surface area contributed by atoms with Gasteiger partial charge in [-0.3, -0.25) is 4.79 Å². The second kappa shape index (κ2) is 4.34. The molecule has 3 heteroatoms. The van der Waals surface area contributed by atoms with E-state index >= 15 is 0 Å². The molecule has 3 N–H and O–H groups in total. The molecule has 0 aromatic carbocycles. The first-order valence-electron chi connectivity index (χ1n) is 3.87. The third-order valence-electron chi connectivity index (χ3n) is 1.84. The van der Waals surface area contributed by atoms with Crippen LogP contribution in [-0.4, -0.2) is 17.6 Å². The summed E-state index contributed by atoms with van der Waals surface area (Å²) in [7, 11) is 0. The predicted octanol–water partition coefficient (Wildman–Crippen LogP) is 0.661. The van der Waals surface area contributed by atoms with Gasteiger partial charge >= 0.3 is 0 Å². The molecule has 0 spiro atoms. The molecule has 0 aliphatic carbocycles. The molecule has 0 bridgehead atoms. The van der Waals surface area contributed by atoms with Gasteiger partial charge in [-0.2, -0.15) is 0 Å². The molecule has 0 saturated carbocycles. The Morgan fingerprint density at radius 2 is 2.00 bits per heavy atom. The van der Waals surface area contributed by atoms with Crippen molar-refractivity contribution in [3.8, 4) is 0 Å². The molecule has 0 heterocycles. The zero-order valence-corrected chi connectivity index (χ0v) is 7.26. The van der Waals surface area contributed by atoms with Gasteiger partial charge in [-0.05, 0) is 18.3 Å². The van der Waals surface area contributed by atoms with Crippen molar-refractivity contribution in [1.29, 1.82) is 0 Å². The molecule has 0 saturated heterocycles. The van der Waals surface area contributed by atoms with Crippen LogP contribution in [0.2, 0.25) is 0 Å². The number of carbonyl (C=O) groups is 1. The Kier molecular flexibility index (Phi) is 4.11. The number of aliphatic hydroxyl groups is 1. The molecular formula is C8H17NO2. The van der Waals surface area contributed by atoms with Crippen LogP contribution in [0.5, 0.6) is 0 Å². The summed E-state index contributed by atoms with van der Waals surface area (Å²) in [5.41, 5.74) is 5.03. The van der Waals surface area contributed by atoms with Gasteiger partial charge in [0.1, 0.15) is 0 Å². The van der Waals surface area contributed by atoms with E-state index in [1.807, 2.05) is 13.8 Å². The molecule has 11 heavy (non-hydrogen) atoms. The summed E-state index contributed by atoms with van der Waals surface area (Å²) in [4.78, 5) is 10.4. The lowest BCUT2D eigenvalue weighted by molar-refractivity contribution is -0.118. The summed E-state index contributed by atoms with van der Waals surface area (Å²) >= 11 is 0. The summed E-state index contributed by atoms with van der Waals surface area (Å²) in [5.74, 6) is -0.268. The first-order valence-corrected chi connectivity index (χ1v) is 3.87. The largest absolute Gasteiger partial charge is 0.396 e. The van der Waals surface area contributed by atoms with Gasteiger partial charge in [0, 0.05) is 13.0 Å². The van der Waals surface area contributed by atoms with Crippen molar-refractivity contribution in [1.82, 2.24) is 0 Å². The maximum Gasteiger partial charge on any atom is 0.217 e. The second-order valence-corrected chi connectivity index (χ2v) is 3.60. The summed E-state index contributed by atoms with van der Waals surface area (Å²) in [6.45, 7) is 4.21. The molecule has 0 aromatic rings. The minimum Gasteiger partial charge on any atom is -0.396 e. The monoisotopic (exact) mass is 159 g/mol. The maximum absolute atomic E-state index is 10.4. The van der Waals surface area contributed by atoms with Crippen LogP contribution >= 0.6 is 0 Å². The van der Waals surface area contributed by atoms with Gasteiger partial charge in [0.05, 0.1) is 0 Å². The fourth-order valence-corrected chi connectivity index (χ4v) is 0.889. The number of rotatable bonds is 5. The Labute approximate surface area is 67.6 Å². The SMILES string of the molecule is CC(C)(CCO)CCC(N)=O. The predicted molar refractivity (Wildman–Crippen MR) is 43.9 cm³/mol. The lowest BCUT2D eigenvalue weighted by Crippen LogP contribution is -2.18. The highest BCUT2D eigenvalue weighted by atomic mass is 16.3. The van der Waals surface area contributed by atoms with Gasteiger partial charge in [-0.25, -0.2) is 0 Å². The molecule has 66 valence electrons. The van der Waals surface area contributed by atoms with Crippen LogP contribution in [0.3, 0.4) is 0 Å². The highest BCUT2D eigenvalue weighted by Gasteiger charge is 2.17. The number of primary amides is 1. The highest BCUT2D eigenvalue weighted by molar-refractivity contribution is 5.73. The zero-order valence-electron chi connectivity index (χ0n) is 7.26. The van der Waals surface area contributed by atoms with Gasteiger partial charge in [-0.1, -0.05) is 13.8 Å². The van der Waals surface area contributed by atoms with Crippen molar-refractivity contribution in [2.75, 3.05) is 6.61 Å². The summed E-state index contributed by atoms with van der Waals surface area (Å²) < 4.78 is 0. The first kappa shape index (κ1) is 10.4. The van der Waals surface area contributed by atoms with Gasteiger partial charge in [-0.15, -0.1) is 0 Å². The minimum atomic E-state index is -0.268. The number of hydrogen-bond donors (Lipinski definition) is 2. The lowest BCUT2D eigenvalue weighted by atomic mass is 9.85. The van der Waals surface area contributed by atoms with E-state index in [1.54, 1.807) is 0 Å². The quantitative estimate of drug-likeness (QED) is 0.619. The number of carbonyl (C=O) groups excluding carboxylic acids is 1. The van der Waals surface area contributed by atoms with Crippen LogP contribution in [-0.2, 0) is 4.79 Å². The molecule has 1 amide bonds. The Morgan fingerprint density at radius 1 is 1.45 bits per heavy atom. The van der Waals surface area contributed by atoms with E-state index < -0.39 is 0 Å². The number of hydrogen-bond acceptors (Lipinski definition) is 2. The Balaban J connectivity index is 3.63. The Bertz CT molecular complexity index is 132. The Morgan fingerprint density at radius 3 is 2.36 bits per heavy atom. The van der Waals surface area contributed by atoms with Crippen molar-refractivity contribution >= 4 is 5.91 Å². The van der Waals surface area contributed by atoms with Crippen molar-refractivity contribution < 1.29 is 9.90 Å². The van der Waals surface area contributed by atoms with Crippen LogP contribution in [0, 0.1) is 5.41 Å². The standard InChI is InChI=1S/C8H17NO2/c1-8(2,5-6-10)4-3-7(9)11/h10H,3-6H2,1-2H3,(H2,9,11). The summed E-state index contributed by atoms with van der Waals surface area (Å²) in [6, 6.07) is 0. The molecule has 0 fully saturated rings. The smallest absolute Gasteiger partial charge is 0.217 e. The Hall–Kier alpha value is -0.570. The van der Waals surface area contributed by atoms with Crippen molar-refractivity contribution in [3.05, 3.63) is 0 Å².